The van der Waals surface area contributed by atoms with Gasteiger partial charge in [-0.25, -0.2) is 0 Å². The van der Waals surface area contributed by atoms with E-state index in [2.05, 4.69) is 38.3 Å². The minimum absolute atomic E-state index is 0.401. The fraction of sp³-hybridized carbons (Fsp3) is 0.500. The zero-order valence-electron chi connectivity index (χ0n) is 10.4. The molecule has 2 aromatic heterocycles. The molecule has 1 atom stereocenters. The van der Waals surface area contributed by atoms with Crippen LogP contribution in [0.1, 0.15) is 25.7 Å². The Hall–Kier alpha value is -0.720. The van der Waals surface area contributed by atoms with E-state index in [0.29, 0.717) is 17.8 Å². The first-order valence-corrected chi connectivity index (χ1v) is 7.64. The highest BCUT2D eigenvalue weighted by molar-refractivity contribution is 9.10. The number of rotatable bonds is 6. The quantitative estimate of drug-likeness (QED) is 0.881. The maximum atomic E-state index is 5.30. The van der Waals surface area contributed by atoms with E-state index < -0.39 is 0 Å². The van der Waals surface area contributed by atoms with Gasteiger partial charge in [0, 0.05) is 22.3 Å². The van der Waals surface area contributed by atoms with Crippen molar-refractivity contribution in [3.63, 3.8) is 0 Å². The smallest absolute Gasteiger partial charge is 0.228 e. The predicted octanol–water partition coefficient (Wildman–Crippen LogP) is 3.49. The summed E-state index contributed by atoms with van der Waals surface area (Å²) in [5.74, 6) is 1.37. The molecule has 98 valence electrons. The molecule has 0 bridgehead atoms. The van der Waals surface area contributed by atoms with Crippen molar-refractivity contribution in [3.05, 3.63) is 21.8 Å². The summed E-state index contributed by atoms with van der Waals surface area (Å²) < 4.78 is 6.35. The van der Waals surface area contributed by atoms with E-state index in [1.807, 2.05) is 18.5 Å². The molecule has 0 aliphatic carbocycles. The molecule has 0 aliphatic rings. The summed E-state index contributed by atoms with van der Waals surface area (Å²) in [6.07, 6.45) is 3.03. The van der Waals surface area contributed by atoms with Crippen LogP contribution in [0.25, 0.3) is 10.7 Å². The summed E-state index contributed by atoms with van der Waals surface area (Å²) in [4.78, 5) is 5.46. The highest BCUT2D eigenvalue weighted by atomic mass is 79.9. The number of thiophene rings is 1. The van der Waals surface area contributed by atoms with Crippen molar-refractivity contribution in [2.75, 3.05) is 7.05 Å². The van der Waals surface area contributed by atoms with Crippen LogP contribution in [0.3, 0.4) is 0 Å². The van der Waals surface area contributed by atoms with Crippen LogP contribution in [0, 0.1) is 0 Å². The van der Waals surface area contributed by atoms with Crippen LogP contribution >= 0.6 is 27.3 Å². The van der Waals surface area contributed by atoms with E-state index in [1.54, 1.807) is 11.3 Å². The third-order valence-corrected chi connectivity index (χ3v) is 4.41. The standard InChI is InChI=1S/C12H16BrN3OS/c1-3-4-9(14-2)6-11-15-12(16-17-11)10-5-8(13)7-18-10/h5,7,9,14H,3-4,6H2,1-2H3. The van der Waals surface area contributed by atoms with Crippen LogP contribution < -0.4 is 5.32 Å². The Kier molecular flexibility index (Phi) is 4.91. The molecular weight excluding hydrogens is 314 g/mol. The van der Waals surface area contributed by atoms with Gasteiger partial charge in [-0.05, 0) is 35.5 Å². The van der Waals surface area contributed by atoms with Crippen molar-refractivity contribution in [1.29, 1.82) is 0 Å². The average Bonchev–Trinajstić information content (AvgIpc) is 2.97. The van der Waals surface area contributed by atoms with Crippen LogP contribution in [0.15, 0.2) is 20.4 Å². The molecule has 4 nitrogen and oxygen atoms in total. The van der Waals surface area contributed by atoms with Crippen molar-refractivity contribution in [2.24, 2.45) is 0 Å². The van der Waals surface area contributed by atoms with Crippen LogP contribution in [0.4, 0.5) is 0 Å². The summed E-state index contributed by atoms with van der Waals surface area (Å²) in [6.45, 7) is 2.17. The van der Waals surface area contributed by atoms with Crippen LogP contribution in [-0.4, -0.2) is 23.2 Å². The first-order chi connectivity index (χ1) is 8.72. The van der Waals surface area contributed by atoms with Crippen LogP contribution in [-0.2, 0) is 6.42 Å². The summed E-state index contributed by atoms with van der Waals surface area (Å²) in [7, 11) is 1.97. The zero-order valence-corrected chi connectivity index (χ0v) is 12.8. The third-order valence-electron chi connectivity index (χ3n) is 2.72. The van der Waals surface area contributed by atoms with Gasteiger partial charge in [-0.3, -0.25) is 0 Å². The number of halogens is 1. The topological polar surface area (TPSA) is 51.0 Å². The molecule has 0 aromatic carbocycles. The van der Waals surface area contributed by atoms with Gasteiger partial charge in [0.05, 0.1) is 4.88 Å². The minimum atomic E-state index is 0.401. The lowest BCUT2D eigenvalue weighted by molar-refractivity contribution is 0.356. The SMILES string of the molecule is CCCC(Cc1nc(-c2cc(Br)cs2)no1)NC. The number of nitrogens with one attached hydrogen (secondary N) is 1. The fourth-order valence-electron chi connectivity index (χ4n) is 1.78. The first kappa shape index (κ1) is 13.7. The maximum Gasteiger partial charge on any atom is 0.228 e. The molecule has 2 aromatic rings. The molecule has 0 radical (unpaired) electrons. The van der Waals surface area contributed by atoms with Gasteiger partial charge in [-0.15, -0.1) is 11.3 Å². The van der Waals surface area contributed by atoms with Gasteiger partial charge in [0.25, 0.3) is 0 Å². The molecule has 6 heteroatoms. The summed E-state index contributed by atoms with van der Waals surface area (Å²) >= 11 is 5.03. The monoisotopic (exact) mass is 329 g/mol. The molecule has 18 heavy (non-hydrogen) atoms. The second-order valence-corrected chi connectivity index (χ2v) is 5.95. The summed E-state index contributed by atoms with van der Waals surface area (Å²) in [5.41, 5.74) is 0. The Labute approximate surface area is 119 Å². The van der Waals surface area contributed by atoms with E-state index in [1.165, 1.54) is 0 Å². The first-order valence-electron chi connectivity index (χ1n) is 5.97. The highest BCUT2D eigenvalue weighted by Crippen LogP contribution is 2.27. The number of hydrogen-bond donors (Lipinski definition) is 1. The van der Waals surface area contributed by atoms with Gasteiger partial charge in [0.1, 0.15) is 0 Å². The highest BCUT2D eigenvalue weighted by Gasteiger charge is 2.14. The normalized spacial score (nSPS) is 12.8. The Balaban J connectivity index is 2.06. The van der Waals surface area contributed by atoms with E-state index in [0.717, 1.165) is 28.6 Å². The second-order valence-electron chi connectivity index (χ2n) is 4.12. The van der Waals surface area contributed by atoms with Crippen LogP contribution in [0.2, 0.25) is 0 Å². The Bertz CT molecular complexity index is 497. The van der Waals surface area contributed by atoms with Gasteiger partial charge in [0.15, 0.2) is 0 Å². The van der Waals surface area contributed by atoms with E-state index in [-0.39, 0.29) is 0 Å². The molecule has 2 heterocycles. The van der Waals surface area contributed by atoms with E-state index in [4.69, 9.17) is 4.52 Å². The molecule has 2 rings (SSSR count). The Morgan fingerprint density at radius 1 is 1.56 bits per heavy atom. The van der Waals surface area contributed by atoms with Crippen molar-refractivity contribution in [2.45, 2.75) is 32.2 Å². The van der Waals surface area contributed by atoms with E-state index >= 15 is 0 Å². The van der Waals surface area contributed by atoms with Gasteiger partial charge in [0.2, 0.25) is 11.7 Å². The molecule has 0 saturated carbocycles. The Morgan fingerprint density at radius 3 is 3.00 bits per heavy atom. The largest absolute Gasteiger partial charge is 0.339 e. The lowest BCUT2D eigenvalue weighted by Gasteiger charge is -2.11. The molecule has 0 aliphatic heterocycles. The Morgan fingerprint density at radius 2 is 2.39 bits per heavy atom. The molecule has 0 fully saturated rings. The summed E-state index contributed by atoms with van der Waals surface area (Å²) in [5, 5.41) is 9.31. The molecular formula is C12H16BrN3OS. The fourth-order valence-corrected chi connectivity index (χ4v) is 3.13. The molecule has 1 N–H and O–H groups in total. The summed E-state index contributed by atoms with van der Waals surface area (Å²) in [6, 6.07) is 2.40. The number of hydrogen-bond acceptors (Lipinski definition) is 5. The van der Waals surface area contributed by atoms with Gasteiger partial charge < -0.3 is 9.84 Å². The number of likely N-dealkylation sites (N-methyl/N-ethyl adjacent to an activating group) is 1. The zero-order chi connectivity index (χ0) is 13.0. The average molecular weight is 330 g/mol. The number of nitrogens with zero attached hydrogens (tertiary/aromatic N) is 2. The molecule has 0 spiro atoms. The molecule has 0 amide bonds. The third kappa shape index (κ3) is 3.40. The van der Waals surface area contributed by atoms with Crippen molar-refractivity contribution >= 4 is 27.3 Å². The second kappa shape index (κ2) is 6.45. The lowest BCUT2D eigenvalue weighted by Crippen LogP contribution is -2.27. The number of aromatic nitrogens is 2. The van der Waals surface area contributed by atoms with Crippen molar-refractivity contribution in [1.82, 2.24) is 15.5 Å². The van der Waals surface area contributed by atoms with E-state index in [9.17, 15) is 0 Å². The lowest BCUT2D eigenvalue weighted by atomic mass is 10.1. The maximum absolute atomic E-state index is 5.30. The van der Waals surface area contributed by atoms with Crippen molar-refractivity contribution < 1.29 is 4.52 Å². The predicted molar refractivity (Wildman–Crippen MR) is 76.8 cm³/mol. The van der Waals surface area contributed by atoms with Gasteiger partial charge in [-0.1, -0.05) is 18.5 Å². The van der Waals surface area contributed by atoms with Gasteiger partial charge >= 0.3 is 0 Å². The van der Waals surface area contributed by atoms with Crippen molar-refractivity contribution in [3.8, 4) is 10.7 Å². The molecule has 1 unspecified atom stereocenters. The van der Waals surface area contributed by atoms with Gasteiger partial charge in [-0.2, -0.15) is 4.98 Å². The molecule has 0 saturated heterocycles. The van der Waals surface area contributed by atoms with Crippen LogP contribution in [0.5, 0.6) is 0 Å². The minimum Gasteiger partial charge on any atom is -0.339 e.